The number of carbonyl (C=O) groups is 2. The van der Waals surface area contributed by atoms with Crippen LogP contribution in [0.1, 0.15) is 19.8 Å². The van der Waals surface area contributed by atoms with E-state index >= 15 is 0 Å². The van der Waals surface area contributed by atoms with Gasteiger partial charge in [0.2, 0.25) is 0 Å². The van der Waals surface area contributed by atoms with E-state index in [0.717, 1.165) is 5.69 Å². The lowest BCUT2D eigenvalue weighted by Gasteiger charge is -2.18. The van der Waals surface area contributed by atoms with Crippen LogP contribution in [0.25, 0.3) is 0 Å². The van der Waals surface area contributed by atoms with Crippen LogP contribution in [0, 0.1) is 0 Å². The number of hydrazine groups is 1. The first-order valence-corrected chi connectivity index (χ1v) is 7.39. The van der Waals surface area contributed by atoms with Crippen molar-refractivity contribution in [3.63, 3.8) is 0 Å². The third-order valence-corrected chi connectivity index (χ3v) is 3.28. The standard InChI is InChI=1S/C16H22ClN3O2/c1-12(21)15(11-19(2)3)16(22)5-4-10-20(18)14-8-6-13(17)7-9-14/h6-9,11H,4-5,10,18H2,1-3H3/b15-11+. The first-order chi connectivity index (χ1) is 10.3. The Labute approximate surface area is 136 Å². The number of Topliss-reactive ketones (excluding diaryl/α,β-unsaturated/α-hetero) is 2. The lowest BCUT2D eigenvalue weighted by Crippen LogP contribution is -2.32. The zero-order chi connectivity index (χ0) is 16.7. The average molecular weight is 324 g/mol. The molecule has 0 heterocycles. The molecule has 0 unspecified atom stereocenters. The average Bonchev–Trinajstić information content (AvgIpc) is 2.44. The number of carbonyl (C=O) groups excluding carboxylic acids is 2. The molecule has 0 fully saturated rings. The second-order valence-corrected chi connectivity index (χ2v) is 5.70. The van der Waals surface area contributed by atoms with Crippen LogP contribution < -0.4 is 10.9 Å². The Morgan fingerprint density at radius 3 is 2.32 bits per heavy atom. The maximum atomic E-state index is 12.1. The summed E-state index contributed by atoms with van der Waals surface area (Å²) in [6.45, 7) is 1.91. The molecule has 1 aromatic rings. The lowest BCUT2D eigenvalue weighted by atomic mass is 10.0. The second-order valence-electron chi connectivity index (χ2n) is 5.26. The molecule has 0 aliphatic rings. The third kappa shape index (κ3) is 5.87. The maximum absolute atomic E-state index is 12.1. The number of hydrogen-bond donors (Lipinski definition) is 1. The van der Waals surface area contributed by atoms with Gasteiger partial charge in [0.15, 0.2) is 11.6 Å². The van der Waals surface area contributed by atoms with Crippen molar-refractivity contribution in [3.8, 4) is 0 Å². The van der Waals surface area contributed by atoms with Crippen molar-refractivity contribution in [2.75, 3.05) is 25.6 Å². The molecule has 6 heteroatoms. The molecule has 0 amide bonds. The van der Waals surface area contributed by atoms with Crippen molar-refractivity contribution in [1.82, 2.24) is 4.90 Å². The third-order valence-electron chi connectivity index (χ3n) is 3.03. The summed E-state index contributed by atoms with van der Waals surface area (Å²) in [5, 5.41) is 2.21. The summed E-state index contributed by atoms with van der Waals surface area (Å²) in [4.78, 5) is 25.3. The molecule has 1 aromatic carbocycles. The van der Waals surface area contributed by atoms with E-state index in [1.54, 1.807) is 42.3 Å². The predicted molar refractivity (Wildman–Crippen MR) is 89.7 cm³/mol. The van der Waals surface area contributed by atoms with Crippen LogP contribution in [0.4, 0.5) is 5.69 Å². The van der Waals surface area contributed by atoms with Gasteiger partial charge in [0.1, 0.15) is 0 Å². The first kappa shape index (κ1) is 18.2. The maximum Gasteiger partial charge on any atom is 0.167 e. The van der Waals surface area contributed by atoms with E-state index in [4.69, 9.17) is 17.4 Å². The van der Waals surface area contributed by atoms with Gasteiger partial charge in [-0.15, -0.1) is 0 Å². The highest BCUT2D eigenvalue weighted by Gasteiger charge is 2.15. The molecule has 22 heavy (non-hydrogen) atoms. The number of allylic oxidation sites excluding steroid dienone is 1. The van der Waals surface area contributed by atoms with Crippen molar-refractivity contribution in [3.05, 3.63) is 41.1 Å². The Kier molecular flexibility index (Phi) is 7.08. The van der Waals surface area contributed by atoms with Gasteiger partial charge in [0.05, 0.1) is 11.3 Å². The van der Waals surface area contributed by atoms with Gasteiger partial charge in [0.25, 0.3) is 0 Å². The monoisotopic (exact) mass is 323 g/mol. The van der Waals surface area contributed by atoms with E-state index in [1.165, 1.54) is 6.92 Å². The predicted octanol–water partition coefficient (Wildman–Crippen LogP) is 2.40. The quantitative estimate of drug-likeness (QED) is 0.262. The number of halogens is 1. The molecule has 2 N–H and O–H groups in total. The summed E-state index contributed by atoms with van der Waals surface area (Å²) in [6.07, 6.45) is 2.40. The van der Waals surface area contributed by atoms with Gasteiger partial charge in [-0.1, -0.05) is 11.6 Å². The van der Waals surface area contributed by atoms with E-state index in [0.29, 0.717) is 18.0 Å². The molecule has 0 atom stereocenters. The van der Waals surface area contributed by atoms with Crippen molar-refractivity contribution in [1.29, 1.82) is 0 Å². The van der Waals surface area contributed by atoms with E-state index in [-0.39, 0.29) is 23.6 Å². The fourth-order valence-corrected chi connectivity index (χ4v) is 2.05. The van der Waals surface area contributed by atoms with Crippen LogP contribution in [0.15, 0.2) is 36.0 Å². The van der Waals surface area contributed by atoms with E-state index in [9.17, 15) is 9.59 Å². The number of hydrogen-bond acceptors (Lipinski definition) is 5. The molecule has 0 aromatic heterocycles. The summed E-state index contributed by atoms with van der Waals surface area (Å²) < 4.78 is 0. The Balaban J connectivity index is 2.53. The van der Waals surface area contributed by atoms with Gasteiger partial charge < -0.3 is 9.91 Å². The van der Waals surface area contributed by atoms with Crippen LogP contribution in [0.3, 0.4) is 0 Å². The van der Waals surface area contributed by atoms with Gasteiger partial charge in [-0.05, 0) is 37.6 Å². The highest BCUT2D eigenvalue weighted by atomic mass is 35.5. The zero-order valence-corrected chi connectivity index (χ0v) is 13.9. The fraction of sp³-hybridized carbons (Fsp3) is 0.375. The number of ketones is 2. The molecule has 120 valence electrons. The van der Waals surface area contributed by atoms with Crippen molar-refractivity contribution < 1.29 is 9.59 Å². The normalized spacial score (nSPS) is 11.2. The van der Waals surface area contributed by atoms with Crippen LogP contribution in [0.5, 0.6) is 0 Å². The molecular formula is C16H22ClN3O2. The SMILES string of the molecule is CC(=O)/C(=C\N(C)C)C(=O)CCCN(N)c1ccc(Cl)cc1. The molecule has 0 radical (unpaired) electrons. The van der Waals surface area contributed by atoms with Gasteiger partial charge in [-0.3, -0.25) is 9.59 Å². The summed E-state index contributed by atoms with van der Waals surface area (Å²) in [5.74, 6) is 5.55. The number of anilines is 1. The summed E-state index contributed by atoms with van der Waals surface area (Å²) in [6, 6.07) is 7.15. The van der Waals surface area contributed by atoms with E-state index in [1.807, 2.05) is 12.1 Å². The smallest absolute Gasteiger partial charge is 0.167 e. The van der Waals surface area contributed by atoms with Crippen LogP contribution in [-0.2, 0) is 9.59 Å². The zero-order valence-electron chi connectivity index (χ0n) is 13.2. The molecule has 0 bridgehead atoms. The minimum absolute atomic E-state index is 0.161. The molecule has 0 saturated carbocycles. The van der Waals surface area contributed by atoms with Gasteiger partial charge in [-0.2, -0.15) is 0 Å². The van der Waals surface area contributed by atoms with Crippen LogP contribution in [0.2, 0.25) is 5.02 Å². The van der Waals surface area contributed by atoms with E-state index in [2.05, 4.69) is 0 Å². The largest absolute Gasteiger partial charge is 0.383 e. The number of nitrogens with zero attached hydrogens (tertiary/aromatic N) is 2. The van der Waals surface area contributed by atoms with E-state index < -0.39 is 0 Å². The number of nitrogens with two attached hydrogens (primary N) is 1. The highest BCUT2D eigenvalue weighted by Crippen LogP contribution is 2.16. The van der Waals surface area contributed by atoms with Crippen molar-refractivity contribution >= 4 is 28.9 Å². The second kappa shape index (κ2) is 8.56. The summed E-state index contributed by atoms with van der Waals surface area (Å²) in [7, 11) is 3.55. The summed E-state index contributed by atoms with van der Waals surface area (Å²) in [5.41, 5.74) is 1.05. The summed E-state index contributed by atoms with van der Waals surface area (Å²) >= 11 is 5.82. The van der Waals surface area contributed by atoms with Crippen LogP contribution >= 0.6 is 11.6 Å². The topological polar surface area (TPSA) is 66.6 Å². The minimum atomic E-state index is -0.221. The lowest BCUT2D eigenvalue weighted by molar-refractivity contribution is -0.120. The van der Waals surface area contributed by atoms with Crippen molar-refractivity contribution in [2.24, 2.45) is 5.84 Å². The molecule has 0 aliphatic heterocycles. The Morgan fingerprint density at radius 1 is 1.23 bits per heavy atom. The Bertz CT molecular complexity index is 553. The van der Waals surface area contributed by atoms with Crippen molar-refractivity contribution in [2.45, 2.75) is 19.8 Å². The molecular weight excluding hydrogens is 302 g/mol. The molecule has 0 saturated heterocycles. The number of benzene rings is 1. The highest BCUT2D eigenvalue weighted by molar-refractivity contribution is 6.30. The molecule has 0 aliphatic carbocycles. The van der Waals surface area contributed by atoms with Gasteiger partial charge in [-0.25, -0.2) is 5.84 Å². The molecule has 5 nitrogen and oxygen atoms in total. The van der Waals surface area contributed by atoms with Gasteiger partial charge >= 0.3 is 0 Å². The van der Waals surface area contributed by atoms with Crippen LogP contribution in [-0.4, -0.2) is 37.1 Å². The van der Waals surface area contributed by atoms with Gasteiger partial charge in [0, 0.05) is 38.3 Å². The molecule has 0 spiro atoms. The number of rotatable bonds is 8. The first-order valence-electron chi connectivity index (χ1n) is 7.01. The Morgan fingerprint density at radius 2 is 1.82 bits per heavy atom. The molecule has 1 rings (SSSR count). The Hall–Kier alpha value is -1.85. The minimum Gasteiger partial charge on any atom is -0.383 e. The fourth-order valence-electron chi connectivity index (χ4n) is 1.92.